The number of anilines is 1. The first-order valence-electron chi connectivity index (χ1n) is 8.71. The standard InChI is InChI=1S/C19H22FN3O4S/c1-2-23(12-9-15-7-10-21-11-8-15)19(25)14-28(26,27)13-18(24)22-17-5-3-16(20)4-6-17/h3-8,10-11H,2,9,12-14H2,1H3,(H,22,24). The molecule has 1 aromatic heterocycles. The summed E-state index contributed by atoms with van der Waals surface area (Å²) in [4.78, 5) is 29.6. The van der Waals surface area contributed by atoms with Gasteiger partial charge in [-0.25, -0.2) is 12.8 Å². The van der Waals surface area contributed by atoms with Crippen molar-refractivity contribution < 1.29 is 22.4 Å². The maximum absolute atomic E-state index is 12.9. The van der Waals surface area contributed by atoms with E-state index in [4.69, 9.17) is 0 Å². The zero-order chi connectivity index (χ0) is 20.6. The van der Waals surface area contributed by atoms with Crippen molar-refractivity contribution in [2.24, 2.45) is 0 Å². The summed E-state index contributed by atoms with van der Waals surface area (Å²) < 4.78 is 37.3. The Morgan fingerprint density at radius 3 is 2.32 bits per heavy atom. The van der Waals surface area contributed by atoms with Crippen LogP contribution in [-0.4, -0.2) is 54.7 Å². The van der Waals surface area contributed by atoms with Crippen molar-refractivity contribution in [3.63, 3.8) is 0 Å². The monoisotopic (exact) mass is 407 g/mol. The van der Waals surface area contributed by atoms with Crippen LogP contribution in [0.3, 0.4) is 0 Å². The van der Waals surface area contributed by atoms with Gasteiger partial charge in [0, 0.05) is 31.2 Å². The van der Waals surface area contributed by atoms with Crippen molar-refractivity contribution in [3.05, 3.63) is 60.2 Å². The molecule has 0 fully saturated rings. The van der Waals surface area contributed by atoms with Gasteiger partial charge in [0.15, 0.2) is 9.84 Å². The van der Waals surface area contributed by atoms with Crippen molar-refractivity contribution in [1.82, 2.24) is 9.88 Å². The second-order valence-corrected chi connectivity index (χ2v) is 8.23. The van der Waals surface area contributed by atoms with Crippen LogP contribution in [0.4, 0.5) is 10.1 Å². The van der Waals surface area contributed by atoms with Gasteiger partial charge in [-0.2, -0.15) is 0 Å². The second kappa shape index (κ2) is 9.93. The molecule has 9 heteroatoms. The van der Waals surface area contributed by atoms with E-state index in [9.17, 15) is 22.4 Å². The number of rotatable bonds is 9. The first-order valence-corrected chi connectivity index (χ1v) is 10.5. The van der Waals surface area contributed by atoms with Crippen LogP contribution in [0, 0.1) is 5.82 Å². The Morgan fingerprint density at radius 1 is 1.07 bits per heavy atom. The molecule has 0 aliphatic rings. The van der Waals surface area contributed by atoms with Crippen molar-refractivity contribution in [2.75, 3.05) is 29.9 Å². The predicted octanol–water partition coefficient (Wildman–Crippen LogP) is 1.67. The van der Waals surface area contributed by atoms with E-state index < -0.39 is 39.0 Å². The first kappa shape index (κ1) is 21.5. The summed E-state index contributed by atoms with van der Waals surface area (Å²) in [6, 6.07) is 8.60. The molecule has 1 N–H and O–H groups in total. The molecule has 1 aromatic carbocycles. The van der Waals surface area contributed by atoms with Gasteiger partial charge in [0.25, 0.3) is 0 Å². The predicted molar refractivity (Wildman–Crippen MR) is 104 cm³/mol. The van der Waals surface area contributed by atoms with Crippen LogP contribution < -0.4 is 5.32 Å². The molecular weight excluding hydrogens is 385 g/mol. The van der Waals surface area contributed by atoms with Crippen LogP contribution in [0.1, 0.15) is 12.5 Å². The van der Waals surface area contributed by atoms with E-state index in [1.807, 2.05) is 12.1 Å². The molecule has 0 atom stereocenters. The van der Waals surface area contributed by atoms with Crippen molar-refractivity contribution >= 4 is 27.3 Å². The Labute approximate surface area is 163 Å². The molecule has 2 amide bonds. The zero-order valence-corrected chi connectivity index (χ0v) is 16.3. The van der Waals surface area contributed by atoms with Crippen LogP contribution in [0.25, 0.3) is 0 Å². The summed E-state index contributed by atoms with van der Waals surface area (Å²) >= 11 is 0. The third-order valence-corrected chi connectivity index (χ3v) is 5.37. The lowest BCUT2D eigenvalue weighted by molar-refractivity contribution is -0.128. The minimum atomic E-state index is -3.93. The highest BCUT2D eigenvalue weighted by Gasteiger charge is 2.24. The lowest BCUT2D eigenvalue weighted by atomic mass is 10.2. The summed E-state index contributed by atoms with van der Waals surface area (Å²) in [6.07, 6.45) is 3.88. The highest BCUT2D eigenvalue weighted by Crippen LogP contribution is 2.09. The molecule has 0 aliphatic carbocycles. The van der Waals surface area contributed by atoms with E-state index in [1.54, 1.807) is 19.3 Å². The lowest BCUT2D eigenvalue weighted by Gasteiger charge is -2.20. The summed E-state index contributed by atoms with van der Waals surface area (Å²) in [7, 11) is -3.93. The van der Waals surface area contributed by atoms with E-state index in [0.717, 1.165) is 17.7 Å². The number of hydrogen-bond acceptors (Lipinski definition) is 5. The van der Waals surface area contributed by atoms with Gasteiger partial charge in [0.1, 0.15) is 17.3 Å². The molecule has 0 bridgehead atoms. The Morgan fingerprint density at radius 2 is 1.71 bits per heavy atom. The molecule has 2 aromatic rings. The summed E-state index contributed by atoms with van der Waals surface area (Å²) in [5.41, 5.74) is 1.27. The second-order valence-electron chi connectivity index (χ2n) is 6.17. The number of carbonyl (C=O) groups is 2. The highest BCUT2D eigenvalue weighted by molar-refractivity contribution is 7.92. The van der Waals surface area contributed by atoms with Gasteiger partial charge < -0.3 is 10.2 Å². The molecule has 0 saturated heterocycles. The number of carbonyl (C=O) groups excluding carboxylic acids is 2. The smallest absolute Gasteiger partial charge is 0.239 e. The molecule has 7 nitrogen and oxygen atoms in total. The van der Waals surface area contributed by atoms with Gasteiger partial charge >= 0.3 is 0 Å². The topological polar surface area (TPSA) is 96.4 Å². The van der Waals surface area contributed by atoms with Crippen LogP contribution in [0.2, 0.25) is 0 Å². The van der Waals surface area contributed by atoms with Crippen LogP contribution in [-0.2, 0) is 25.8 Å². The quantitative estimate of drug-likeness (QED) is 0.682. The Balaban J connectivity index is 1.88. The average Bonchev–Trinajstić information content (AvgIpc) is 2.64. The van der Waals surface area contributed by atoms with Crippen LogP contribution in [0.5, 0.6) is 0 Å². The minimum Gasteiger partial charge on any atom is -0.342 e. The van der Waals surface area contributed by atoms with Crippen molar-refractivity contribution in [3.8, 4) is 0 Å². The van der Waals surface area contributed by atoms with Crippen molar-refractivity contribution in [1.29, 1.82) is 0 Å². The molecular formula is C19H22FN3O4S. The molecule has 0 unspecified atom stereocenters. The molecule has 28 heavy (non-hydrogen) atoms. The fraction of sp³-hybridized carbons (Fsp3) is 0.316. The molecule has 0 aliphatic heterocycles. The Kier molecular flexibility index (Phi) is 7.62. The van der Waals surface area contributed by atoms with E-state index in [2.05, 4.69) is 10.3 Å². The Bertz CT molecular complexity index is 903. The van der Waals surface area contributed by atoms with Gasteiger partial charge in [-0.1, -0.05) is 0 Å². The number of aromatic nitrogens is 1. The third-order valence-electron chi connectivity index (χ3n) is 3.98. The van der Waals surface area contributed by atoms with E-state index in [-0.39, 0.29) is 5.69 Å². The number of halogens is 1. The number of amides is 2. The average molecular weight is 407 g/mol. The molecule has 1 heterocycles. The SMILES string of the molecule is CCN(CCc1ccncc1)C(=O)CS(=O)(=O)CC(=O)Nc1ccc(F)cc1. The summed E-state index contributed by atoms with van der Waals surface area (Å²) in [5.74, 6) is -3.36. The number of nitrogens with one attached hydrogen (secondary N) is 1. The largest absolute Gasteiger partial charge is 0.342 e. The number of benzene rings is 1. The van der Waals surface area contributed by atoms with Gasteiger partial charge in [0.05, 0.1) is 0 Å². The van der Waals surface area contributed by atoms with Crippen LogP contribution >= 0.6 is 0 Å². The maximum Gasteiger partial charge on any atom is 0.239 e. The molecule has 0 spiro atoms. The number of hydrogen-bond donors (Lipinski definition) is 1. The molecule has 150 valence electrons. The Hall–Kier alpha value is -2.81. The normalized spacial score (nSPS) is 11.1. The van der Waals surface area contributed by atoms with Gasteiger partial charge in [0.2, 0.25) is 11.8 Å². The summed E-state index contributed by atoms with van der Waals surface area (Å²) in [5, 5.41) is 2.37. The number of pyridine rings is 1. The number of likely N-dealkylation sites (N-methyl/N-ethyl adjacent to an activating group) is 1. The molecule has 0 radical (unpaired) electrons. The van der Waals surface area contributed by atoms with Crippen LogP contribution in [0.15, 0.2) is 48.8 Å². The summed E-state index contributed by atoms with van der Waals surface area (Å²) in [6.45, 7) is 2.50. The molecule has 2 rings (SSSR count). The fourth-order valence-electron chi connectivity index (χ4n) is 2.53. The first-order chi connectivity index (χ1) is 13.3. The van der Waals surface area contributed by atoms with Crippen molar-refractivity contribution in [2.45, 2.75) is 13.3 Å². The molecule has 0 saturated carbocycles. The highest BCUT2D eigenvalue weighted by atomic mass is 32.2. The number of nitrogens with zero attached hydrogens (tertiary/aromatic N) is 2. The zero-order valence-electron chi connectivity index (χ0n) is 15.5. The number of sulfone groups is 1. The van der Waals surface area contributed by atoms with Gasteiger partial charge in [-0.15, -0.1) is 0 Å². The van der Waals surface area contributed by atoms with E-state index >= 15 is 0 Å². The van der Waals surface area contributed by atoms with E-state index in [0.29, 0.717) is 19.5 Å². The minimum absolute atomic E-state index is 0.278. The lowest BCUT2D eigenvalue weighted by Crippen LogP contribution is -2.38. The van der Waals surface area contributed by atoms with Gasteiger partial charge in [-0.05, 0) is 55.3 Å². The van der Waals surface area contributed by atoms with Gasteiger partial charge in [-0.3, -0.25) is 14.6 Å². The van der Waals surface area contributed by atoms with E-state index in [1.165, 1.54) is 17.0 Å². The maximum atomic E-state index is 12.9. The fourth-order valence-corrected chi connectivity index (χ4v) is 3.67. The third kappa shape index (κ3) is 7.07.